The number of imidazole rings is 1. The second-order valence-electron chi connectivity index (χ2n) is 5.49. The number of nitrogens with two attached hydrogens (primary N) is 1. The molecule has 24 heavy (non-hydrogen) atoms. The van der Waals surface area contributed by atoms with Crippen molar-refractivity contribution in [3.8, 4) is 0 Å². The van der Waals surface area contributed by atoms with Gasteiger partial charge in [-0.15, -0.1) is 0 Å². The number of aromatic nitrogens is 4. The van der Waals surface area contributed by atoms with Gasteiger partial charge in [-0.25, -0.2) is 4.98 Å². The first kappa shape index (κ1) is 16.8. The van der Waals surface area contributed by atoms with E-state index < -0.39 is 48.9 Å². The molecule has 8 N–H and O–H groups in total. The molecule has 0 bridgehead atoms. The molecule has 0 spiro atoms. The minimum absolute atomic E-state index is 0.0323. The van der Waals surface area contributed by atoms with Crippen molar-refractivity contribution in [3.05, 3.63) is 16.7 Å². The van der Waals surface area contributed by atoms with Gasteiger partial charge in [0.05, 0.1) is 12.9 Å². The Morgan fingerprint density at radius 2 is 1.88 bits per heavy atom. The molecule has 132 valence electrons. The molecule has 1 fully saturated rings. The number of aliphatic hydroxyl groups excluding tert-OH is 5. The van der Waals surface area contributed by atoms with E-state index >= 15 is 0 Å². The van der Waals surface area contributed by atoms with Crippen molar-refractivity contribution in [2.45, 2.75) is 36.7 Å². The summed E-state index contributed by atoms with van der Waals surface area (Å²) in [7, 11) is 0. The Labute approximate surface area is 133 Å². The van der Waals surface area contributed by atoms with Crippen LogP contribution in [0.5, 0.6) is 0 Å². The molecule has 0 saturated carbocycles. The van der Waals surface area contributed by atoms with Crippen LogP contribution >= 0.6 is 0 Å². The largest absolute Gasteiger partial charge is 0.394 e. The molecule has 2 aromatic rings. The molecule has 0 aliphatic carbocycles. The summed E-state index contributed by atoms with van der Waals surface area (Å²) in [6, 6.07) is 0. The van der Waals surface area contributed by atoms with Crippen molar-refractivity contribution >= 4 is 17.1 Å². The van der Waals surface area contributed by atoms with Crippen molar-refractivity contribution in [3.63, 3.8) is 0 Å². The molecule has 0 amide bonds. The maximum atomic E-state index is 11.8. The van der Waals surface area contributed by atoms with Gasteiger partial charge < -0.3 is 36.0 Å². The van der Waals surface area contributed by atoms with Crippen LogP contribution in [-0.4, -0.2) is 82.2 Å². The Kier molecular flexibility index (Phi) is 4.25. The number of rotatable bonds is 2. The summed E-state index contributed by atoms with van der Waals surface area (Å²) >= 11 is 0. The van der Waals surface area contributed by atoms with Crippen LogP contribution in [0.2, 0.25) is 0 Å². The topological polar surface area (TPSA) is 200 Å². The predicted molar refractivity (Wildman–Crippen MR) is 77.6 cm³/mol. The zero-order valence-corrected chi connectivity index (χ0v) is 12.2. The fourth-order valence-electron chi connectivity index (χ4n) is 2.64. The molecule has 3 heterocycles. The highest BCUT2D eigenvalue weighted by Crippen LogP contribution is 2.29. The summed E-state index contributed by atoms with van der Waals surface area (Å²) in [5.74, 6) is -0.198. The van der Waals surface area contributed by atoms with Crippen LogP contribution in [-0.2, 0) is 4.74 Å². The van der Waals surface area contributed by atoms with Gasteiger partial charge >= 0.3 is 0 Å². The Bertz CT molecular complexity index is 790. The number of nitrogen functional groups attached to an aromatic ring is 1. The first-order valence-corrected chi connectivity index (χ1v) is 7.06. The second kappa shape index (κ2) is 6.08. The average molecular weight is 343 g/mol. The third kappa shape index (κ3) is 2.54. The summed E-state index contributed by atoms with van der Waals surface area (Å²) in [5, 5.41) is 49.3. The lowest BCUT2D eigenvalue weighted by Crippen LogP contribution is -2.47. The van der Waals surface area contributed by atoms with E-state index in [-0.39, 0.29) is 17.1 Å². The number of ether oxygens (including phenoxy) is 1. The molecule has 12 nitrogen and oxygen atoms in total. The fraction of sp³-hybridized carbons (Fsp3) is 0.583. The van der Waals surface area contributed by atoms with Crippen LogP contribution in [0.1, 0.15) is 6.23 Å². The van der Waals surface area contributed by atoms with Crippen LogP contribution in [0.15, 0.2) is 11.1 Å². The molecule has 0 unspecified atom stereocenters. The maximum Gasteiger partial charge on any atom is 0.280 e. The van der Waals surface area contributed by atoms with Crippen molar-refractivity contribution < 1.29 is 30.3 Å². The van der Waals surface area contributed by atoms with E-state index in [0.717, 1.165) is 10.9 Å². The van der Waals surface area contributed by atoms with Crippen LogP contribution < -0.4 is 11.3 Å². The summed E-state index contributed by atoms with van der Waals surface area (Å²) in [4.78, 5) is 21.8. The van der Waals surface area contributed by atoms with Crippen LogP contribution in [0.25, 0.3) is 11.2 Å². The van der Waals surface area contributed by atoms with Crippen LogP contribution in [0.4, 0.5) is 5.95 Å². The number of aliphatic hydroxyl groups is 5. The highest BCUT2D eigenvalue weighted by Gasteiger charge is 2.45. The molecule has 2 aromatic heterocycles. The van der Waals surface area contributed by atoms with E-state index in [1.165, 1.54) is 0 Å². The molecule has 12 heteroatoms. The van der Waals surface area contributed by atoms with Crippen LogP contribution in [0, 0.1) is 0 Å². The number of H-pyrrole nitrogens is 1. The van der Waals surface area contributed by atoms with E-state index in [1.807, 2.05) is 0 Å². The Morgan fingerprint density at radius 1 is 1.21 bits per heavy atom. The first-order chi connectivity index (χ1) is 11.3. The monoisotopic (exact) mass is 343 g/mol. The molecule has 0 radical (unpaired) electrons. The van der Waals surface area contributed by atoms with Crippen molar-refractivity contribution in [1.82, 2.24) is 19.5 Å². The third-order valence-electron chi connectivity index (χ3n) is 3.94. The third-order valence-corrected chi connectivity index (χ3v) is 3.94. The zero-order valence-electron chi connectivity index (χ0n) is 12.2. The molecular weight excluding hydrogens is 326 g/mol. The number of nitrogens with one attached hydrogen (secondary N) is 1. The Hall–Kier alpha value is -2.09. The average Bonchev–Trinajstić information content (AvgIpc) is 2.94. The fourth-order valence-corrected chi connectivity index (χ4v) is 2.64. The summed E-state index contributed by atoms with van der Waals surface area (Å²) in [5.41, 5.74) is 4.76. The van der Waals surface area contributed by atoms with E-state index in [2.05, 4.69) is 15.0 Å². The normalized spacial score (nSPS) is 34.4. The minimum atomic E-state index is -1.78. The maximum absolute atomic E-state index is 11.8. The second-order valence-corrected chi connectivity index (χ2v) is 5.49. The highest BCUT2D eigenvalue weighted by molar-refractivity contribution is 5.70. The van der Waals surface area contributed by atoms with Gasteiger partial charge in [0.25, 0.3) is 5.56 Å². The van der Waals surface area contributed by atoms with Gasteiger partial charge in [-0.3, -0.25) is 14.3 Å². The van der Waals surface area contributed by atoms with Gasteiger partial charge in [0.1, 0.15) is 30.5 Å². The summed E-state index contributed by atoms with van der Waals surface area (Å²) < 4.78 is 6.55. The van der Waals surface area contributed by atoms with Gasteiger partial charge in [0, 0.05) is 0 Å². The molecule has 1 saturated heterocycles. The van der Waals surface area contributed by atoms with Gasteiger partial charge in [0.2, 0.25) is 5.95 Å². The lowest BCUT2D eigenvalue weighted by Gasteiger charge is -2.26. The number of hydrogen-bond acceptors (Lipinski definition) is 10. The molecule has 3 rings (SSSR count). The van der Waals surface area contributed by atoms with Crippen LogP contribution in [0.3, 0.4) is 0 Å². The molecular formula is C12H17N5O7. The predicted octanol–water partition coefficient (Wildman–Crippen LogP) is -3.96. The van der Waals surface area contributed by atoms with Gasteiger partial charge in [0.15, 0.2) is 17.4 Å². The SMILES string of the molecule is Nc1nc2c(ncn2[C@@H]2O[C@H](CO)[C@@H](O)[C@@H](O)[C@@H](O)[C@H]2O)c(=O)[nH]1. The number of fused-ring (bicyclic) bond motifs is 1. The quantitative estimate of drug-likeness (QED) is 0.282. The summed E-state index contributed by atoms with van der Waals surface area (Å²) in [6.45, 7) is -0.684. The standard InChI is InChI=1S/C12H17N5O7/c13-12-15-9-4(10(23)16-12)14-2-17(9)11-8(22)7(21)6(20)5(19)3(1-18)24-11/h2-3,5-8,11,18-22H,1H2,(H3,13,15,16,23)/t3-,5-,6-,7-,8-,11-/m1/s1. The first-order valence-electron chi connectivity index (χ1n) is 7.06. The van der Waals surface area contributed by atoms with Gasteiger partial charge in [-0.05, 0) is 0 Å². The molecule has 1 aliphatic heterocycles. The number of hydrogen-bond donors (Lipinski definition) is 7. The number of aromatic amines is 1. The van der Waals surface area contributed by atoms with Crippen molar-refractivity contribution in [1.29, 1.82) is 0 Å². The highest BCUT2D eigenvalue weighted by atomic mass is 16.6. The van der Waals surface area contributed by atoms with E-state index in [4.69, 9.17) is 10.5 Å². The molecule has 0 aromatic carbocycles. The number of nitrogens with zero attached hydrogens (tertiary/aromatic N) is 3. The van der Waals surface area contributed by atoms with Gasteiger partial charge in [-0.2, -0.15) is 4.98 Å². The Morgan fingerprint density at radius 3 is 2.54 bits per heavy atom. The van der Waals surface area contributed by atoms with E-state index in [1.54, 1.807) is 0 Å². The Balaban J connectivity index is 2.11. The summed E-state index contributed by atoms with van der Waals surface area (Å²) in [6.07, 6.45) is -8.43. The zero-order chi connectivity index (χ0) is 17.6. The van der Waals surface area contributed by atoms with E-state index in [0.29, 0.717) is 0 Å². The lowest BCUT2D eigenvalue weighted by molar-refractivity contribution is -0.149. The van der Waals surface area contributed by atoms with E-state index in [9.17, 15) is 30.3 Å². The lowest BCUT2D eigenvalue weighted by atomic mass is 10.0. The number of anilines is 1. The van der Waals surface area contributed by atoms with Crippen molar-refractivity contribution in [2.75, 3.05) is 12.3 Å². The van der Waals surface area contributed by atoms with Gasteiger partial charge in [-0.1, -0.05) is 0 Å². The molecule has 6 atom stereocenters. The van der Waals surface area contributed by atoms with Crippen molar-refractivity contribution in [2.24, 2.45) is 0 Å². The minimum Gasteiger partial charge on any atom is -0.394 e. The molecule has 1 aliphatic rings. The smallest absolute Gasteiger partial charge is 0.280 e.